The molecule has 0 spiro atoms. The minimum absolute atomic E-state index is 0.0105. The van der Waals surface area contributed by atoms with E-state index in [1.54, 1.807) is 24.3 Å². The maximum atomic E-state index is 12.5. The molecule has 112 valence electrons. The third-order valence-corrected chi connectivity index (χ3v) is 4.57. The molecule has 5 nitrogen and oxygen atoms in total. The highest BCUT2D eigenvalue weighted by Crippen LogP contribution is 2.19. The number of carbonyl (C=O) groups is 2. The zero-order chi connectivity index (χ0) is 15.0. The van der Waals surface area contributed by atoms with Crippen LogP contribution in [0.25, 0.3) is 0 Å². The molecule has 6 heteroatoms. The van der Waals surface area contributed by atoms with E-state index in [9.17, 15) is 9.59 Å². The average Bonchev–Trinajstić information content (AvgIpc) is 2.87. The van der Waals surface area contributed by atoms with Gasteiger partial charge in [0, 0.05) is 36.8 Å². The summed E-state index contributed by atoms with van der Waals surface area (Å²) in [5.41, 5.74) is 0.676. The van der Waals surface area contributed by atoms with E-state index in [2.05, 4.69) is 10.2 Å². The van der Waals surface area contributed by atoms with Crippen LogP contribution in [0.15, 0.2) is 24.3 Å². The minimum atomic E-state index is -0.191. The summed E-state index contributed by atoms with van der Waals surface area (Å²) in [6.45, 7) is 4.73. The second kappa shape index (κ2) is 5.66. The number of amides is 2. The number of hydrogen-bond acceptors (Lipinski definition) is 3. The molecule has 0 bridgehead atoms. The number of rotatable bonds is 3. The molecule has 2 fully saturated rings. The molecule has 0 aromatic heterocycles. The van der Waals surface area contributed by atoms with Crippen molar-refractivity contribution in [3.63, 3.8) is 0 Å². The van der Waals surface area contributed by atoms with Gasteiger partial charge < -0.3 is 10.2 Å². The lowest BCUT2D eigenvalue weighted by atomic mass is 10.0. The first-order valence-corrected chi connectivity index (χ1v) is 7.52. The van der Waals surface area contributed by atoms with Gasteiger partial charge >= 0.3 is 6.03 Å². The standard InChI is InChI=1S/C15H18ClN3O2/c1-10(14(20)11-2-4-12(16)5-3-11)18-6-7-19-13(9-18)8-17-15(19)21/h2-5,10,13H,6-9H2,1H3,(H,17,21). The van der Waals surface area contributed by atoms with Crippen molar-refractivity contribution < 1.29 is 9.59 Å². The zero-order valence-corrected chi connectivity index (χ0v) is 12.6. The summed E-state index contributed by atoms with van der Waals surface area (Å²) in [7, 11) is 0. The molecule has 1 N–H and O–H groups in total. The van der Waals surface area contributed by atoms with E-state index in [1.807, 2.05) is 11.8 Å². The van der Waals surface area contributed by atoms with Gasteiger partial charge in [0.2, 0.25) is 0 Å². The van der Waals surface area contributed by atoms with Crippen molar-refractivity contribution in [2.75, 3.05) is 26.2 Å². The molecule has 2 heterocycles. The fraction of sp³-hybridized carbons (Fsp3) is 0.467. The fourth-order valence-electron chi connectivity index (χ4n) is 3.00. The van der Waals surface area contributed by atoms with E-state index in [0.717, 1.165) is 13.1 Å². The molecule has 1 aromatic carbocycles. The number of fused-ring (bicyclic) bond motifs is 1. The highest BCUT2D eigenvalue weighted by molar-refractivity contribution is 6.30. The van der Waals surface area contributed by atoms with Crippen molar-refractivity contribution in [2.45, 2.75) is 19.0 Å². The lowest BCUT2D eigenvalue weighted by molar-refractivity contribution is 0.0677. The summed E-state index contributed by atoms with van der Waals surface area (Å²) >= 11 is 5.85. The Bertz CT molecular complexity index is 561. The lowest BCUT2D eigenvalue weighted by Crippen LogP contribution is -2.55. The number of hydrogen-bond donors (Lipinski definition) is 1. The van der Waals surface area contributed by atoms with Crippen molar-refractivity contribution >= 4 is 23.4 Å². The van der Waals surface area contributed by atoms with Gasteiger partial charge in [-0.2, -0.15) is 0 Å². The molecule has 0 saturated carbocycles. The third kappa shape index (κ3) is 2.76. The van der Waals surface area contributed by atoms with E-state index in [1.165, 1.54) is 0 Å². The second-order valence-electron chi connectivity index (χ2n) is 5.58. The van der Waals surface area contributed by atoms with E-state index in [-0.39, 0.29) is 23.9 Å². The van der Waals surface area contributed by atoms with Crippen LogP contribution in [-0.4, -0.2) is 59.9 Å². The zero-order valence-electron chi connectivity index (χ0n) is 11.9. The largest absolute Gasteiger partial charge is 0.336 e. The first kappa shape index (κ1) is 14.4. The Kier molecular flexibility index (Phi) is 3.87. The first-order valence-electron chi connectivity index (χ1n) is 7.14. The van der Waals surface area contributed by atoms with Crippen LogP contribution in [-0.2, 0) is 0 Å². The molecule has 2 amide bonds. The van der Waals surface area contributed by atoms with Gasteiger partial charge in [0.1, 0.15) is 0 Å². The van der Waals surface area contributed by atoms with Gasteiger partial charge in [-0.1, -0.05) is 11.6 Å². The third-order valence-electron chi connectivity index (χ3n) is 4.32. The molecular formula is C15H18ClN3O2. The van der Waals surface area contributed by atoms with Gasteiger partial charge in [-0.05, 0) is 31.2 Å². The maximum absolute atomic E-state index is 12.5. The highest BCUT2D eigenvalue weighted by atomic mass is 35.5. The summed E-state index contributed by atoms with van der Waals surface area (Å²) in [6.07, 6.45) is 0. The summed E-state index contributed by atoms with van der Waals surface area (Å²) in [5.74, 6) is 0.0948. The van der Waals surface area contributed by atoms with Crippen molar-refractivity contribution in [1.29, 1.82) is 0 Å². The highest BCUT2D eigenvalue weighted by Gasteiger charge is 2.37. The van der Waals surface area contributed by atoms with Crippen LogP contribution in [0.1, 0.15) is 17.3 Å². The topological polar surface area (TPSA) is 52.7 Å². The predicted octanol–water partition coefficient (Wildman–Crippen LogP) is 1.62. The number of halogens is 1. The Morgan fingerprint density at radius 2 is 2.05 bits per heavy atom. The fourth-order valence-corrected chi connectivity index (χ4v) is 3.13. The van der Waals surface area contributed by atoms with Crippen LogP contribution in [0.3, 0.4) is 0 Å². The molecule has 2 aliphatic heterocycles. The van der Waals surface area contributed by atoms with Crippen molar-refractivity contribution in [3.05, 3.63) is 34.9 Å². The number of ketones is 1. The van der Waals surface area contributed by atoms with E-state index in [0.29, 0.717) is 23.7 Å². The molecule has 1 aromatic rings. The molecule has 2 aliphatic rings. The Morgan fingerprint density at radius 3 is 2.76 bits per heavy atom. The number of piperazine rings is 1. The Labute approximate surface area is 128 Å². The van der Waals surface area contributed by atoms with Gasteiger partial charge in [0.05, 0.1) is 12.1 Å². The summed E-state index contributed by atoms with van der Waals surface area (Å²) in [4.78, 5) is 28.1. The summed E-state index contributed by atoms with van der Waals surface area (Å²) in [5, 5.41) is 3.48. The van der Waals surface area contributed by atoms with Crippen molar-refractivity contribution in [1.82, 2.24) is 15.1 Å². The van der Waals surface area contributed by atoms with Crippen LogP contribution in [0.5, 0.6) is 0 Å². The average molecular weight is 308 g/mol. The van der Waals surface area contributed by atoms with E-state index >= 15 is 0 Å². The number of nitrogens with zero attached hydrogens (tertiary/aromatic N) is 2. The number of urea groups is 1. The number of nitrogens with one attached hydrogen (secondary N) is 1. The molecular weight excluding hydrogens is 290 g/mol. The van der Waals surface area contributed by atoms with Crippen molar-refractivity contribution in [2.24, 2.45) is 0 Å². The Balaban J connectivity index is 1.68. The second-order valence-corrected chi connectivity index (χ2v) is 6.01. The number of Topliss-reactive ketones (excluding diaryl/α,β-unsaturated/α-hetero) is 1. The first-order chi connectivity index (χ1) is 10.1. The lowest BCUT2D eigenvalue weighted by Gasteiger charge is -2.39. The summed E-state index contributed by atoms with van der Waals surface area (Å²) < 4.78 is 0. The molecule has 21 heavy (non-hydrogen) atoms. The molecule has 0 aliphatic carbocycles. The van der Waals surface area contributed by atoms with Gasteiger partial charge in [0.25, 0.3) is 0 Å². The van der Waals surface area contributed by atoms with Crippen molar-refractivity contribution in [3.8, 4) is 0 Å². The molecule has 2 unspecified atom stereocenters. The molecule has 3 rings (SSSR count). The maximum Gasteiger partial charge on any atom is 0.317 e. The Hall–Kier alpha value is -1.59. The van der Waals surface area contributed by atoms with Crippen LogP contribution in [0.4, 0.5) is 4.79 Å². The SMILES string of the molecule is CC(C(=O)c1ccc(Cl)cc1)N1CCN2C(=O)NCC2C1. The van der Waals surface area contributed by atoms with E-state index < -0.39 is 0 Å². The van der Waals surface area contributed by atoms with E-state index in [4.69, 9.17) is 11.6 Å². The number of benzene rings is 1. The predicted molar refractivity (Wildman–Crippen MR) is 80.7 cm³/mol. The normalized spacial score (nSPS) is 23.6. The molecule has 2 atom stereocenters. The minimum Gasteiger partial charge on any atom is -0.336 e. The van der Waals surface area contributed by atoms with Crippen LogP contribution in [0.2, 0.25) is 5.02 Å². The van der Waals surface area contributed by atoms with Gasteiger partial charge in [-0.15, -0.1) is 0 Å². The Morgan fingerprint density at radius 1 is 1.33 bits per heavy atom. The van der Waals surface area contributed by atoms with Gasteiger partial charge in [0.15, 0.2) is 5.78 Å². The van der Waals surface area contributed by atoms with Crippen LogP contribution in [0, 0.1) is 0 Å². The number of carbonyl (C=O) groups excluding carboxylic acids is 2. The van der Waals surface area contributed by atoms with Crippen LogP contribution >= 0.6 is 11.6 Å². The molecule has 2 saturated heterocycles. The molecule has 0 radical (unpaired) electrons. The van der Waals surface area contributed by atoms with Gasteiger partial charge in [-0.3, -0.25) is 9.69 Å². The smallest absolute Gasteiger partial charge is 0.317 e. The monoisotopic (exact) mass is 307 g/mol. The quantitative estimate of drug-likeness (QED) is 0.863. The summed E-state index contributed by atoms with van der Waals surface area (Å²) in [6, 6.07) is 6.99. The van der Waals surface area contributed by atoms with Crippen LogP contribution < -0.4 is 5.32 Å². The van der Waals surface area contributed by atoms with Gasteiger partial charge in [-0.25, -0.2) is 4.79 Å².